The summed E-state index contributed by atoms with van der Waals surface area (Å²) < 4.78 is 7.50. The van der Waals surface area contributed by atoms with Crippen LogP contribution in [0, 0.1) is 6.65 Å². The summed E-state index contributed by atoms with van der Waals surface area (Å²) >= 11 is 0. The minimum Gasteiger partial charge on any atom is 0 e. The summed E-state index contributed by atoms with van der Waals surface area (Å²) in [6, 6.07) is 8.79. The van der Waals surface area contributed by atoms with E-state index in [1.165, 1.54) is 18.1 Å². The molecular formula is C14H23CoOP. The zero-order valence-corrected chi connectivity index (χ0v) is 13.2. The molecule has 0 aliphatic carbocycles. The van der Waals surface area contributed by atoms with E-state index in [9.17, 15) is 0 Å². The van der Waals surface area contributed by atoms with Crippen LogP contribution in [-0.2, 0) is 27.9 Å². The van der Waals surface area contributed by atoms with E-state index in [1.807, 2.05) is 0 Å². The molecule has 0 saturated carbocycles. The quantitative estimate of drug-likeness (QED) is 0.446. The molecule has 1 radical (unpaired) electrons. The molecule has 0 aliphatic rings. The average molecular weight is 297 g/mol. The molecule has 1 nitrogen and oxygen atoms in total. The van der Waals surface area contributed by atoms with Gasteiger partial charge in [0.25, 0.3) is 0 Å². The van der Waals surface area contributed by atoms with Crippen molar-refractivity contribution in [3.8, 4) is 0 Å². The van der Waals surface area contributed by atoms with Crippen LogP contribution in [0.4, 0.5) is 0 Å². The van der Waals surface area contributed by atoms with Gasteiger partial charge in [0.15, 0.2) is 0 Å². The minimum absolute atomic E-state index is 0. The summed E-state index contributed by atoms with van der Waals surface area (Å²) in [6.07, 6.45) is 2.72. The Kier molecular flexibility index (Phi) is 12.7. The molecule has 1 aromatic rings. The Morgan fingerprint density at radius 3 is 1.82 bits per heavy atom. The first-order valence-electron chi connectivity index (χ1n) is 5.88. The van der Waals surface area contributed by atoms with Crippen molar-refractivity contribution < 1.29 is 21.4 Å². The molecule has 0 saturated heterocycles. The predicted molar refractivity (Wildman–Crippen MR) is 73.1 cm³/mol. The first-order chi connectivity index (χ1) is 7.61. The SMILES string of the molecule is CC(C)[PH+](CC[c-]1cccc1)C(C)C.[C-]#[O+].[Co]. The predicted octanol–water partition coefficient (Wildman–Crippen LogP) is 3.94. The number of hydrogen-bond donors (Lipinski definition) is 0. The van der Waals surface area contributed by atoms with Gasteiger partial charge in [-0.25, -0.2) is 12.1 Å². The number of hydrogen-bond acceptors (Lipinski definition) is 0. The molecule has 3 heteroatoms. The van der Waals surface area contributed by atoms with Gasteiger partial charge in [0, 0.05) is 24.7 Å². The molecule has 0 amide bonds. The van der Waals surface area contributed by atoms with Crippen LogP contribution in [0.15, 0.2) is 24.3 Å². The summed E-state index contributed by atoms with van der Waals surface area (Å²) in [5, 5.41) is 0. The Morgan fingerprint density at radius 1 is 1.06 bits per heavy atom. The van der Waals surface area contributed by atoms with Crippen LogP contribution in [0.2, 0.25) is 0 Å². The van der Waals surface area contributed by atoms with Crippen molar-refractivity contribution in [1.29, 1.82) is 0 Å². The molecule has 0 spiro atoms. The maximum atomic E-state index is 7.50. The summed E-state index contributed by atoms with van der Waals surface area (Å²) in [7, 11) is -0.154. The summed E-state index contributed by atoms with van der Waals surface area (Å²) in [6.45, 7) is 14.1. The van der Waals surface area contributed by atoms with Crippen LogP contribution in [0.5, 0.6) is 0 Å². The Balaban J connectivity index is 0. The average Bonchev–Trinajstić information content (AvgIpc) is 2.73. The third-order valence-electron chi connectivity index (χ3n) is 2.92. The van der Waals surface area contributed by atoms with Gasteiger partial charge in [-0.05, 0) is 34.1 Å². The van der Waals surface area contributed by atoms with Gasteiger partial charge < -0.3 is 0 Å². The third-order valence-corrected chi connectivity index (χ3v) is 6.71. The molecule has 99 valence electrons. The normalized spacial score (nSPS) is 9.94. The Labute approximate surface area is 117 Å². The van der Waals surface area contributed by atoms with E-state index in [4.69, 9.17) is 4.65 Å². The molecule has 0 heterocycles. The van der Waals surface area contributed by atoms with Crippen molar-refractivity contribution in [3.05, 3.63) is 36.5 Å². The van der Waals surface area contributed by atoms with Crippen molar-refractivity contribution in [2.45, 2.75) is 45.4 Å². The van der Waals surface area contributed by atoms with E-state index in [0.29, 0.717) is 0 Å². The monoisotopic (exact) mass is 297 g/mol. The maximum Gasteiger partial charge on any atom is 0 e. The second-order valence-electron chi connectivity index (χ2n) is 4.68. The summed E-state index contributed by atoms with van der Waals surface area (Å²) in [5.74, 6) is 0. The van der Waals surface area contributed by atoms with Crippen LogP contribution in [0.3, 0.4) is 0 Å². The molecule has 0 unspecified atom stereocenters. The van der Waals surface area contributed by atoms with Crippen LogP contribution in [-0.4, -0.2) is 17.5 Å². The van der Waals surface area contributed by atoms with E-state index in [0.717, 1.165) is 11.3 Å². The summed E-state index contributed by atoms with van der Waals surface area (Å²) in [4.78, 5) is 0. The first-order valence-corrected chi connectivity index (χ1v) is 7.74. The fourth-order valence-electron chi connectivity index (χ4n) is 2.11. The van der Waals surface area contributed by atoms with Crippen LogP contribution >= 0.6 is 7.92 Å². The molecular weight excluding hydrogens is 274 g/mol. The number of aryl methyl sites for hydroxylation is 1. The Bertz CT molecular complexity index is 270. The maximum absolute atomic E-state index is 7.50. The molecule has 0 N–H and O–H groups in total. The van der Waals surface area contributed by atoms with E-state index >= 15 is 0 Å². The van der Waals surface area contributed by atoms with Crippen LogP contribution in [0.1, 0.15) is 33.3 Å². The topological polar surface area (TPSA) is 19.9 Å². The zero-order valence-electron chi connectivity index (χ0n) is 11.1. The van der Waals surface area contributed by atoms with Crippen molar-refractivity contribution in [3.63, 3.8) is 0 Å². The molecule has 0 bridgehead atoms. The van der Waals surface area contributed by atoms with Crippen LogP contribution < -0.4 is 0 Å². The Morgan fingerprint density at radius 2 is 1.47 bits per heavy atom. The molecule has 1 aromatic carbocycles. The standard InChI is InChI=1S/C13H22P.CO.Co/c1-11(2)14(12(3)4)10-9-13-7-5-6-8-13;1-2;/h5-8,11-12H,9-10H2,1-4H3;;/q-1;;/p+1. The molecule has 0 aliphatic heterocycles. The number of rotatable bonds is 5. The molecule has 0 atom stereocenters. The third kappa shape index (κ3) is 7.86. The second kappa shape index (κ2) is 11.1. The van der Waals surface area contributed by atoms with Gasteiger partial charge in [-0.3, -0.25) is 0 Å². The first kappa shape index (κ1) is 19.4. The van der Waals surface area contributed by atoms with Gasteiger partial charge in [-0.2, -0.15) is 17.7 Å². The van der Waals surface area contributed by atoms with E-state index in [-0.39, 0.29) is 24.7 Å². The summed E-state index contributed by atoms with van der Waals surface area (Å²) in [5.41, 5.74) is 3.35. The van der Waals surface area contributed by atoms with Gasteiger partial charge in [0.2, 0.25) is 0 Å². The molecule has 1 rings (SSSR count). The van der Waals surface area contributed by atoms with E-state index in [2.05, 4.69) is 58.6 Å². The fourth-order valence-corrected chi connectivity index (χ4v) is 5.18. The minimum atomic E-state index is -0.154. The Hall–Kier alpha value is 0.0265. The van der Waals surface area contributed by atoms with Crippen molar-refractivity contribution in [1.82, 2.24) is 0 Å². The van der Waals surface area contributed by atoms with Crippen molar-refractivity contribution >= 4 is 7.92 Å². The zero-order chi connectivity index (χ0) is 12.6. The molecule has 0 fully saturated rings. The van der Waals surface area contributed by atoms with Gasteiger partial charge in [0.05, 0.1) is 17.5 Å². The van der Waals surface area contributed by atoms with Crippen LogP contribution in [0.25, 0.3) is 0 Å². The van der Waals surface area contributed by atoms with Gasteiger partial charge in [0.1, 0.15) is 0 Å². The van der Waals surface area contributed by atoms with E-state index in [1.54, 1.807) is 0 Å². The fraction of sp³-hybridized carbons (Fsp3) is 0.571. The second-order valence-corrected chi connectivity index (χ2v) is 8.64. The molecule has 17 heavy (non-hydrogen) atoms. The van der Waals surface area contributed by atoms with E-state index < -0.39 is 0 Å². The largest absolute Gasteiger partial charge is 0 e. The van der Waals surface area contributed by atoms with Gasteiger partial charge >= 0.3 is 11.3 Å². The van der Waals surface area contributed by atoms with Crippen molar-refractivity contribution in [2.75, 3.05) is 6.16 Å². The van der Waals surface area contributed by atoms with Crippen molar-refractivity contribution in [2.24, 2.45) is 0 Å². The molecule has 0 aromatic heterocycles. The van der Waals surface area contributed by atoms with Gasteiger partial charge in [-0.15, -0.1) is 0 Å². The van der Waals surface area contributed by atoms with Gasteiger partial charge in [-0.1, -0.05) is 0 Å². The smallest absolute Gasteiger partial charge is 0 e.